The van der Waals surface area contributed by atoms with Crippen LogP contribution in [0.4, 0.5) is 5.13 Å². The fraction of sp³-hybridized carbons (Fsp3) is 0.318. The molecule has 18 heteroatoms. The first-order chi connectivity index (χ1) is 18.4. The molecule has 0 aliphatic carbocycles. The maximum Gasteiger partial charge on any atom is 0.327 e. The number of rotatable bonds is 9. The second kappa shape index (κ2) is 12.0. The predicted molar refractivity (Wildman–Crippen MR) is 147 cm³/mol. The van der Waals surface area contributed by atoms with Crippen LogP contribution in [0.1, 0.15) is 25.1 Å². The van der Waals surface area contributed by atoms with Gasteiger partial charge in [-0.2, -0.15) is 5.10 Å². The molecule has 2 aliphatic heterocycles. The van der Waals surface area contributed by atoms with E-state index in [9.17, 15) is 34.5 Å². The number of anilines is 1. The highest BCUT2D eigenvalue weighted by Crippen LogP contribution is 2.50. The van der Waals surface area contributed by atoms with Gasteiger partial charge in [-0.1, -0.05) is 5.16 Å². The van der Waals surface area contributed by atoms with Gasteiger partial charge in [-0.3, -0.25) is 14.4 Å². The van der Waals surface area contributed by atoms with Crippen LogP contribution in [0.5, 0.6) is 11.5 Å². The zero-order valence-electron chi connectivity index (χ0n) is 20.8. The summed E-state index contributed by atoms with van der Waals surface area (Å²) in [6, 6.07) is 1.90. The molecule has 0 unspecified atom stereocenters. The lowest BCUT2D eigenvalue weighted by Crippen LogP contribution is -2.71. The third-order valence-corrected chi connectivity index (χ3v) is 7.94. The highest BCUT2D eigenvalue weighted by atomic mass is 35.5. The number of amides is 3. The highest BCUT2D eigenvalue weighted by molar-refractivity contribution is 8.01. The summed E-state index contributed by atoms with van der Waals surface area (Å²) in [5.74, 6) is -3.91. The number of nitrogen functional groups attached to an aromatic ring is 1. The second-order valence-electron chi connectivity index (χ2n) is 8.87. The summed E-state index contributed by atoms with van der Waals surface area (Å²) in [6.45, 7) is 2.78. The minimum absolute atomic E-state index is 0. The number of fused-ring (bicyclic) bond motifs is 1. The fourth-order valence-electron chi connectivity index (χ4n) is 3.94. The molecule has 4 rings (SSSR count). The molecule has 2 aromatic rings. The average molecular weight is 614 g/mol. The monoisotopic (exact) mass is 613 g/mol. The van der Waals surface area contributed by atoms with Crippen LogP contribution in [0.2, 0.25) is 0 Å². The van der Waals surface area contributed by atoms with Gasteiger partial charge in [0.25, 0.3) is 11.8 Å². The number of carbonyl (C=O) groups is 4. The maximum absolute atomic E-state index is 13.1. The van der Waals surface area contributed by atoms with Crippen LogP contribution in [0.25, 0.3) is 0 Å². The third kappa shape index (κ3) is 6.21. The standard InChI is InChI=1S/C22H23N7O8S2.ClH/c1-22(2)16(20(35)36)29-18(34)15(19(29)39-22)26-17(33)14(10-8-38-21(23)25-10)28-37-7-13(32)27-24-6-9-3-4-11(30)12(31)5-9;/h3-6,8,15-16,19,30-31H,7H2,1-2H3,(H2,23,25)(H,26,33)(H,27,32)(H,35,36);1H/t15-,16+,19-;/m1./s1. The number of oxime groups is 1. The number of hydrogen-bond donors (Lipinski definition) is 6. The quantitative estimate of drug-likeness (QED) is 0.0958. The number of carbonyl (C=O) groups excluding carboxylic acids is 3. The molecule has 15 nitrogen and oxygen atoms in total. The van der Waals surface area contributed by atoms with Crippen molar-refractivity contribution in [3.05, 3.63) is 34.8 Å². The lowest BCUT2D eigenvalue weighted by molar-refractivity contribution is -0.160. The fourth-order valence-corrected chi connectivity index (χ4v) is 6.12. The summed E-state index contributed by atoms with van der Waals surface area (Å²) in [5, 5.41) is 39.3. The van der Waals surface area contributed by atoms with Gasteiger partial charge < -0.3 is 36.1 Å². The zero-order chi connectivity index (χ0) is 28.5. The van der Waals surface area contributed by atoms with Gasteiger partial charge in [0.05, 0.1) is 6.21 Å². The Hall–Kier alpha value is -4.09. The molecular formula is C22H24ClN7O8S2. The topological polar surface area (TPSA) is 229 Å². The summed E-state index contributed by atoms with van der Waals surface area (Å²) in [6.07, 6.45) is 1.22. The number of phenols is 2. The zero-order valence-corrected chi connectivity index (χ0v) is 23.2. The largest absolute Gasteiger partial charge is 0.504 e. The van der Waals surface area contributed by atoms with Gasteiger partial charge >= 0.3 is 5.97 Å². The normalized spacial score (nSPS) is 21.2. The average Bonchev–Trinajstić information content (AvgIpc) is 3.40. The number of thiazole rings is 1. The number of nitrogens with two attached hydrogens (primary N) is 1. The van der Waals surface area contributed by atoms with Gasteiger partial charge in [0.1, 0.15) is 23.2 Å². The number of phenolic OH excluding ortho intramolecular Hbond substituents is 2. The molecule has 2 saturated heterocycles. The van der Waals surface area contributed by atoms with Gasteiger partial charge in [-0.15, -0.1) is 35.5 Å². The Labute approximate surface area is 240 Å². The van der Waals surface area contributed by atoms with Crippen LogP contribution in [0.3, 0.4) is 0 Å². The first-order valence-corrected chi connectivity index (χ1v) is 12.9. The van der Waals surface area contributed by atoms with Crippen molar-refractivity contribution < 1.29 is 39.3 Å². The van der Waals surface area contributed by atoms with Gasteiger partial charge in [-0.25, -0.2) is 15.2 Å². The Morgan fingerprint density at radius 3 is 2.62 bits per heavy atom. The molecule has 0 bridgehead atoms. The number of thioether (sulfide) groups is 1. The number of hydrazone groups is 1. The smallest absolute Gasteiger partial charge is 0.327 e. The van der Waals surface area contributed by atoms with E-state index in [1.54, 1.807) is 13.8 Å². The van der Waals surface area contributed by atoms with Crippen molar-refractivity contribution in [2.24, 2.45) is 10.3 Å². The summed E-state index contributed by atoms with van der Waals surface area (Å²) < 4.78 is -0.770. The molecule has 3 heterocycles. The number of aliphatic carboxylic acids is 1. The Kier molecular flexibility index (Phi) is 9.11. The molecule has 1 aromatic heterocycles. The lowest BCUT2D eigenvalue weighted by Gasteiger charge is -2.43. The van der Waals surface area contributed by atoms with Gasteiger partial charge in [0.2, 0.25) is 5.91 Å². The number of carboxylic acids is 1. The molecule has 214 valence electrons. The Balaban J connectivity index is 0.00000441. The molecule has 3 amide bonds. The maximum atomic E-state index is 13.1. The Morgan fingerprint density at radius 2 is 2.00 bits per heavy atom. The molecule has 0 radical (unpaired) electrons. The lowest BCUT2D eigenvalue weighted by atomic mass is 9.96. The van der Waals surface area contributed by atoms with Gasteiger partial charge in [0.15, 0.2) is 28.9 Å². The van der Waals surface area contributed by atoms with E-state index >= 15 is 0 Å². The number of hydrogen-bond acceptors (Lipinski definition) is 13. The number of benzene rings is 1. The Bertz CT molecular complexity index is 1400. The molecule has 1 aromatic carbocycles. The van der Waals surface area contributed by atoms with E-state index in [0.29, 0.717) is 5.56 Å². The highest BCUT2D eigenvalue weighted by Gasteiger charge is 2.64. The number of nitrogens with zero attached hydrogens (tertiary/aromatic N) is 4. The number of aromatic nitrogens is 1. The van der Waals surface area contributed by atoms with Crippen molar-refractivity contribution in [1.29, 1.82) is 0 Å². The van der Waals surface area contributed by atoms with Crippen LogP contribution in [-0.4, -0.2) is 89.6 Å². The Morgan fingerprint density at radius 1 is 1.27 bits per heavy atom. The van der Waals surface area contributed by atoms with Crippen molar-refractivity contribution in [2.45, 2.75) is 36.1 Å². The molecular weight excluding hydrogens is 590 g/mol. The van der Waals surface area contributed by atoms with Crippen LogP contribution in [0.15, 0.2) is 33.8 Å². The van der Waals surface area contributed by atoms with E-state index in [-0.39, 0.29) is 40.4 Å². The van der Waals surface area contributed by atoms with Gasteiger partial charge in [-0.05, 0) is 37.6 Å². The van der Waals surface area contributed by atoms with E-state index < -0.39 is 52.5 Å². The van der Waals surface area contributed by atoms with E-state index in [0.717, 1.165) is 11.3 Å². The minimum atomic E-state index is -1.13. The number of β-lactam (4-membered cyclic amide) rings is 1. The predicted octanol–water partition coefficient (Wildman–Crippen LogP) is 0.0610. The van der Waals surface area contributed by atoms with Crippen LogP contribution >= 0.6 is 35.5 Å². The molecule has 0 saturated carbocycles. The van der Waals surface area contributed by atoms with Crippen LogP contribution < -0.4 is 16.5 Å². The van der Waals surface area contributed by atoms with Crippen molar-refractivity contribution in [2.75, 3.05) is 12.3 Å². The number of nitrogens with one attached hydrogen (secondary N) is 2. The summed E-state index contributed by atoms with van der Waals surface area (Å²) >= 11 is 2.29. The third-order valence-electron chi connectivity index (χ3n) is 5.69. The summed E-state index contributed by atoms with van der Waals surface area (Å²) in [7, 11) is 0. The molecule has 2 aliphatic rings. The van der Waals surface area contributed by atoms with E-state index in [2.05, 4.69) is 26.0 Å². The number of carboxylic acid groups (broad SMARTS) is 1. The first-order valence-electron chi connectivity index (χ1n) is 11.2. The second-order valence-corrected chi connectivity index (χ2v) is 11.5. The number of halogens is 1. The van der Waals surface area contributed by atoms with E-state index in [1.807, 2.05) is 0 Å². The first kappa shape index (κ1) is 30.5. The van der Waals surface area contributed by atoms with Crippen LogP contribution in [0, 0.1) is 0 Å². The van der Waals surface area contributed by atoms with Crippen molar-refractivity contribution >= 4 is 76.3 Å². The SMILES string of the molecule is CC1(C)S[C@@H]2[C@H](NC(=O)C(=NOCC(=O)NN=Cc3ccc(O)c(O)c3)c3csc(N)n3)C(=O)N2[C@H]1C(=O)O.Cl. The molecule has 3 atom stereocenters. The molecule has 2 fully saturated rings. The minimum Gasteiger partial charge on any atom is -0.504 e. The number of aromatic hydroxyl groups is 2. The van der Waals surface area contributed by atoms with Crippen molar-refractivity contribution in [3.8, 4) is 11.5 Å². The molecule has 7 N–H and O–H groups in total. The summed E-state index contributed by atoms with van der Waals surface area (Å²) in [4.78, 5) is 59.8. The van der Waals surface area contributed by atoms with Crippen LogP contribution in [-0.2, 0) is 24.0 Å². The molecule has 40 heavy (non-hydrogen) atoms. The van der Waals surface area contributed by atoms with Crippen molar-refractivity contribution in [3.63, 3.8) is 0 Å². The van der Waals surface area contributed by atoms with Crippen molar-refractivity contribution in [1.82, 2.24) is 20.6 Å². The van der Waals surface area contributed by atoms with E-state index in [4.69, 9.17) is 10.6 Å². The summed E-state index contributed by atoms with van der Waals surface area (Å²) in [5.41, 5.74) is 7.94. The van der Waals surface area contributed by atoms with Gasteiger partial charge in [0, 0.05) is 10.1 Å². The van der Waals surface area contributed by atoms with E-state index in [1.165, 1.54) is 46.5 Å². The molecule has 0 spiro atoms.